The molecule has 0 bridgehead atoms. The van der Waals surface area contributed by atoms with Crippen LogP contribution in [0.4, 0.5) is 0 Å². The molecule has 1 aromatic heterocycles. The molecule has 7 heteroatoms. The molecule has 1 fully saturated rings. The molecule has 1 aromatic carbocycles. The first-order valence-corrected chi connectivity index (χ1v) is 6.44. The summed E-state index contributed by atoms with van der Waals surface area (Å²) in [6, 6.07) is 3.12. The van der Waals surface area contributed by atoms with Gasteiger partial charge in [0.05, 0.1) is 10.9 Å². The van der Waals surface area contributed by atoms with E-state index in [0.717, 1.165) is 0 Å². The molecule has 2 unspecified atom stereocenters. The minimum Gasteiger partial charge on any atom is -0.439 e. The molecule has 2 aromatic rings. The number of nitrogens with one attached hydrogen (secondary N) is 1. The van der Waals surface area contributed by atoms with E-state index in [1.54, 1.807) is 18.5 Å². The number of carbonyl (C=O) groups is 2. The monoisotopic (exact) mass is 294 g/mol. The van der Waals surface area contributed by atoms with Gasteiger partial charge in [-0.25, -0.2) is 10.5 Å². The highest BCUT2D eigenvalue weighted by Crippen LogP contribution is 2.41. The average Bonchev–Trinajstić information content (AvgIpc) is 3.12. The highest BCUT2D eigenvalue weighted by atomic mass is 35.5. The van der Waals surface area contributed by atoms with Gasteiger partial charge in [-0.1, -0.05) is 11.6 Å². The number of hydrogen-bond donors (Lipinski definition) is 2. The fourth-order valence-corrected chi connectivity index (χ4v) is 2.57. The Morgan fingerprint density at radius 3 is 2.90 bits per heavy atom. The summed E-state index contributed by atoms with van der Waals surface area (Å²) in [5, 5.41) is 8.86. The van der Waals surface area contributed by atoms with Crippen molar-refractivity contribution in [2.24, 2.45) is 11.8 Å². The third-order valence-electron chi connectivity index (χ3n) is 3.41. The van der Waals surface area contributed by atoms with Crippen molar-refractivity contribution in [2.75, 3.05) is 0 Å². The zero-order chi connectivity index (χ0) is 14.4. The quantitative estimate of drug-likeness (QED) is 0.514. The summed E-state index contributed by atoms with van der Waals surface area (Å²) < 4.78 is 5.33. The third-order valence-corrected chi connectivity index (χ3v) is 3.69. The van der Waals surface area contributed by atoms with Crippen molar-refractivity contribution in [3.63, 3.8) is 0 Å². The number of ketones is 1. The molecule has 3 rings (SSSR count). The SMILES string of the molecule is Cc1nc2cc(C(=O)C3CC3C(=O)NO)cc(Cl)c2o1. The number of aryl methyl sites for hydroxylation is 1. The Kier molecular flexibility index (Phi) is 2.99. The van der Waals surface area contributed by atoms with Crippen molar-refractivity contribution in [3.05, 3.63) is 28.6 Å². The van der Waals surface area contributed by atoms with Crippen LogP contribution in [-0.2, 0) is 4.79 Å². The summed E-state index contributed by atoms with van der Waals surface area (Å²) in [7, 11) is 0. The lowest BCUT2D eigenvalue weighted by molar-refractivity contribution is -0.130. The van der Waals surface area contributed by atoms with E-state index in [-0.39, 0.29) is 5.78 Å². The number of halogens is 1. The van der Waals surface area contributed by atoms with E-state index in [0.29, 0.717) is 34.0 Å². The van der Waals surface area contributed by atoms with Gasteiger partial charge in [0.1, 0.15) is 5.52 Å². The normalized spacial score (nSPS) is 20.9. The first-order valence-electron chi connectivity index (χ1n) is 6.06. The lowest BCUT2D eigenvalue weighted by atomic mass is 10.1. The maximum Gasteiger partial charge on any atom is 0.247 e. The molecule has 1 aliphatic rings. The Labute approximate surface area is 118 Å². The number of hydrogen-bond acceptors (Lipinski definition) is 5. The lowest BCUT2D eigenvalue weighted by Crippen LogP contribution is -2.22. The van der Waals surface area contributed by atoms with E-state index in [1.165, 1.54) is 6.07 Å². The molecule has 104 valence electrons. The Hall–Kier alpha value is -1.92. The molecule has 2 atom stereocenters. The van der Waals surface area contributed by atoms with Crippen molar-refractivity contribution in [1.29, 1.82) is 0 Å². The number of benzene rings is 1. The predicted molar refractivity (Wildman–Crippen MR) is 69.6 cm³/mol. The Morgan fingerprint density at radius 2 is 2.20 bits per heavy atom. The van der Waals surface area contributed by atoms with E-state index in [4.69, 9.17) is 21.2 Å². The molecule has 1 amide bonds. The van der Waals surface area contributed by atoms with Crippen molar-refractivity contribution in [2.45, 2.75) is 13.3 Å². The second-order valence-electron chi connectivity index (χ2n) is 4.83. The Bertz CT molecular complexity index is 724. The third kappa shape index (κ3) is 2.07. The average molecular weight is 295 g/mol. The van der Waals surface area contributed by atoms with Crippen molar-refractivity contribution >= 4 is 34.4 Å². The van der Waals surface area contributed by atoms with Crippen molar-refractivity contribution in [3.8, 4) is 0 Å². The van der Waals surface area contributed by atoms with Crippen LogP contribution in [0.25, 0.3) is 11.1 Å². The zero-order valence-electron chi connectivity index (χ0n) is 10.5. The number of fused-ring (bicyclic) bond motifs is 1. The van der Waals surface area contributed by atoms with Crippen LogP contribution in [0.3, 0.4) is 0 Å². The van der Waals surface area contributed by atoms with Gasteiger partial charge < -0.3 is 4.42 Å². The largest absolute Gasteiger partial charge is 0.439 e. The van der Waals surface area contributed by atoms with Crippen LogP contribution in [0.1, 0.15) is 22.7 Å². The summed E-state index contributed by atoms with van der Waals surface area (Å²) in [5.41, 5.74) is 2.92. The maximum absolute atomic E-state index is 12.3. The highest BCUT2D eigenvalue weighted by molar-refractivity contribution is 6.35. The number of oxazole rings is 1. The number of Topliss-reactive ketones (excluding diaryl/α,β-unsaturated/α-hetero) is 1. The van der Waals surface area contributed by atoms with Gasteiger partial charge in [-0.3, -0.25) is 14.8 Å². The van der Waals surface area contributed by atoms with Gasteiger partial charge in [0.25, 0.3) is 0 Å². The number of carbonyl (C=O) groups excluding carboxylic acids is 2. The van der Waals surface area contributed by atoms with E-state index in [2.05, 4.69) is 4.98 Å². The molecule has 0 saturated heterocycles. The summed E-state index contributed by atoms with van der Waals surface area (Å²) in [6.45, 7) is 1.69. The molecule has 6 nitrogen and oxygen atoms in total. The van der Waals surface area contributed by atoms with Crippen LogP contribution >= 0.6 is 11.6 Å². The minimum atomic E-state index is -0.534. The molecule has 1 aliphatic carbocycles. The molecule has 20 heavy (non-hydrogen) atoms. The van der Waals surface area contributed by atoms with E-state index >= 15 is 0 Å². The van der Waals surface area contributed by atoms with E-state index < -0.39 is 17.7 Å². The summed E-state index contributed by atoms with van der Waals surface area (Å²) in [4.78, 5) is 27.6. The summed E-state index contributed by atoms with van der Waals surface area (Å²) in [6.07, 6.45) is 0.429. The standard InChI is InChI=1S/C13H11ClN2O4/c1-5-15-10-3-6(2-9(14)12(10)20-5)11(17)7-4-8(7)13(18)16-19/h2-3,7-8,19H,4H2,1H3,(H,16,18). The second-order valence-corrected chi connectivity index (χ2v) is 5.24. The van der Waals surface area contributed by atoms with Crippen LogP contribution in [-0.4, -0.2) is 21.9 Å². The smallest absolute Gasteiger partial charge is 0.247 e. The summed E-state index contributed by atoms with van der Waals surface area (Å²) >= 11 is 6.07. The van der Waals surface area contributed by atoms with Gasteiger partial charge in [0.15, 0.2) is 17.3 Å². The molecular weight excluding hydrogens is 284 g/mol. The Balaban J connectivity index is 1.91. The first-order chi connectivity index (χ1) is 9.51. The molecular formula is C13H11ClN2O4. The number of rotatable bonds is 3. The van der Waals surface area contributed by atoms with Gasteiger partial charge in [-0.05, 0) is 18.6 Å². The highest BCUT2D eigenvalue weighted by Gasteiger charge is 2.48. The van der Waals surface area contributed by atoms with E-state index in [1.807, 2.05) is 0 Å². The fraction of sp³-hybridized carbons (Fsp3) is 0.308. The Morgan fingerprint density at radius 1 is 1.45 bits per heavy atom. The first kappa shape index (κ1) is 13.1. The molecule has 1 heterocycles. The zero-order valence-corrected chi connectivity index (χ0v) is 11.3. The number of hydroxylamine groups is 1. The summed E-state index contributed by atoms with van der Waals surface area (Å²) in [5.74, 6) is -1.13. The second kappa shape index (κ2) is 4.57. The van der Waals surface area contributed by atoms with Gasteiger partial charge in [-0.2, -0.15) is 0 Å². The topological polar surface area (TPSA) is 92.4 Å². The van der Waals surface area contributed by atoms with Gasteiger partial charge in [0, 0.05) is 18.4 Å². The van der Waals surface area contributed by atoms with Crippen LogP contribution < -0.4 is 5.48 Å². The molecule has 0 aliphatic heterocycles. The van der Waals surface area contributed by atoms with Gasteiger partial charge in [0.2, 0.25) is 5.91 Å². The van der Waals surface area contributed by atoms with Crippen LogP contribution in [0.2, 0.25) is 5.02 Å². The van der Waals surface area contributed by atoms with Crippen LogP contribution in [0.15, 0.2) is 16.5 Å². The molecule has 0 radical (unpaired) electrons. The van der Waals surface area contributed by atoms with E-state index in [9.17, 15) is 9.59 Å². The van der Waals surface area contributed by atoms with Crippen LogP contribution in [0.5, 0.6) is 0 Å². The number of amides is 1. The number of nitrogens with zero attached hydrogens (tertiary/aromatic N) is 1. The predicted octanol–water partition coefficient (Wildman–Crippen LogP) is 2.11. The molecule has 0 spiro atoms. The lowest BCUT2D eigenvalue weighted by Gasteiger charge is -2.01. The minimum absolute atomic E-state index is 0.178. The van der Waals surface area contributed by atoms with Gasteiger partial charge in [-0.15, -0.1) is 0 Å². The molecule has 2 N–H and O–H groups in total. The maximum atomic E-state index is 12.3. The molecule has 1 saturated carbocycles. The van der Waals surface area contributed by atoms with Crippen LogP contribution in [0, 0.1) is 18.8 Å². The van der Waals surface area contributed by atoms with Crippen molar-refractivity contribution in [1.82, 2.24) is 10.5 Å². The fourth-order valence-electron chi connectivity index (χ4n) is 2.32. The van der Waals surface area contributed by atoms with Crippen molar-refractivity contribution < 1.29 is 19.2 Å². The number of aromatic nitrogens is 1. The van der Waals surface area contributed by atoms with Gasteiger partial charge >= 0.3 is 0 Å².